The van der Waals surface area contributed by atoms with Crippen molar-refractivity contribution in [2.24, 2.45) is 0 Å². The van der Waals surface area contributed by atoms with E-state index in [-0.39, 0.29) is 22.6 Å². The molecule has 1 spiro atoms. The van der Waals surface area contributed by atoms with Crippen molar-refractivity contribution in [1.82, 2.24) is 14.1 Å². The van der Waals surface area contributed by atoms with E-state index in [0.717, 1.165) is 4.31 Å². The molecular formula is C27H32N4O6S. The summed E-state index contributed by atoms with van der Waals surface area (Å²) in [5, 5.41) is 11.5. The maximum Gasteiger partial charge on any atom is 0.296 e. The van der Waals surface area contributed by atoms with Crippen LogP contribution in [0.5, 0.6) is 0 Å². The van der Waals surface area contributed by atoms with E-state index in [1.807, 2.05) is 25.9 Å². The fraction of sp³-hybridized carbons (Fsp3) is 0.370. The predicted octanol–water partition coefficient (Wildman–Crippen LogP) is 1.83. The molecule has 1 atom stereocenters. The molecule has 2 amide bonds. The lowest BCUT2D eigenvalue weighted by Gasteiger charge is -2.35. The summed E-state index contributed by atoms with van der Waals surface area (Å²) < 4.78 is 26.1. The molecule has 2 aromatic rings. The number of nitrogens with zero attached hydrogens (tertiary/aromatic N) is 4. The first-order valence-electron chi connectivity index (χ1n) is 12.3. The first-order valence-corrected chi connectivity index (χ1v) is 13.7. The number of para-hydroxylation sites is 1. The van der Waals surface area contributed by atoms with Crippen LogP contribution in [0.25, 0.3) is 5.76 Å². The number of ketones is 1. The smallest absolute Gasteiger partial charge is 0.296 e. The monoisotopic (exact) mass is 540 g/mol. The number of benzene rings is 2. The fourth-order valence-corrected chi connectivity index (χ4v) is 5.95. The van der Waals surface area contributed by atoms with E-state index < -0.39 is 38.9 Å². The fourth-order valence-electron chi connectivity index (χ4n) is 5.05. The van der Waals surface area contributed by atoms with Crippen LogP contribution in [0.3, 0.4) is 0 Å². The lowest BCUT2D eigenvalue weighted by molar-refractivity contribution is -0.143. The zero-order valence-corrected chi connectivity index (χ0v) is 22.9. The van der Waals surface area contributed by atoms with E-state index in [9.17, 15) is 27.9 Å². The number of likely N-dealkylation sites (N-methyl/N-ethyl adjacent to an activating group) is 1. The standard InChI is InChI=1S/C27H32N4O6S/c1-6-15-30-21-10-8-7-9-20(21)27(26(30)35)22(24(33)25(34)31(27)17-16-28(2)3)23(32)18-11-13-19(14-12-18)38(36,37)29(4)5/h7-14,32H,6,15-17H2,1-5H3. The van der Waals surface area contributed by atoms with Crippen LogP contribution in [0.15, 0.2) is 59.0 Å². The summed E-state index contributed by atoms with van der Waals surface area (Å²) in [6, 6.07) is 12.3. The van der Waals surface area contributed by atoms with Gasteiger partial charge in [0.25, 0.3) is 17.6 Å². The van der Waals surface area contributed by atoms with Crippen molar-refractivity contribution in [2.75, 3.05) is 52.7 Å². The first kappa shape index (κ1) is 27.5. The molecule has 2 aliphatic heterocycles. The lowest BCUT2D eigenvalue weighted by atomic mass is 9.82. The molecule has 2 aromatic carbocycles. The Morgan fingerprint density at radius 2 is 1.58 bits per heavy atom. The van der Waals surface area contributed by atoms with Gasteiger partial charge in [0.2, 0.25) is 10.0 Å². The molecule has 1 saturated heterocycles. The highest BCUT2D eigenvalue weighted by Gasteiger charge is 2.66. The van der Waals surface area contributed by atoms with Crippen molar-refractivity contribution in [3.63, 3.8) is 0 Å². The third kappa shape index (κ3) is 4.01. The molecule has 2 aliphatic rings. The van der Waals surface area contributed by atoms with Crippen LogP contribution in [0.4, 0.5) is 5.69 Å². The molecule has 0 aromatic heterocycles. The van der Waals surface area contributed by atoms with Gasteiger partial charge in [-0.3, -0.25) is 14.4 Å². The highest BCUT2D eigenvalue weighted by atomic mass is 32.2. The first-order chi connectivity index (χ1) is 17.9. The summed E-state index contributed by atoms with van der Waals surface area (Å²) in [5.74, 6) is -2.85. The molecule has 10 nitrogen and oxygen atoms in total. The molecule has 11 heteroatoms. The molecule has 1 N–H and O–H groups in total. The van der Waals surface area contributed by atoms with Crippen molar-refractivity contribution in [1.29, 1.82) is 0 Å². The lowest BCUT2D eigenvalue weighted by Crippen LogP contribution is -2.53. The molecule has 0 saturated carbocycles. The molecule has 38 heavy (non-hydrogen) atoms. The van der Waals surface area contributed by atoms with Crippen LogP contribution in [-0.2, 0) is 29.9 Å². The quantitative estimate of drug-likeness (QED) is 0.308. The van der Waals surface area contributed by atoms with Gasteiger partial charge in [0.05, 0.1) is 16.2 Å². The van der Waals surface area contributed by atoms with Gasteiger partial charge in [0, 0.05) is 44.9 Å². The van der Waals surface area contributed by atoms with Gasteiger partial charge in [0.15, 0.2) is 5.54 Å². The number of amides is 2. The largest absolute Gasteiger partial charge is 0.507 e. The molecule has 4 rings (SSSR count). The summed E-state index contributed by atoms with van der Waals surface area (Å²) in [4.78, 5) is 46.0. The molecule has 0 bridgehead atoms. The van der Waals surface area contributed by atoms with Crippen molar-refractivity contribution in [3.8, 4) is 0 Å². The second-order valence-electron chi connectivity index (χ2n) is 9.81. The van der Waals surface area contributed by atoms with Gasteiger partial charge in [-0.15, -0.1) is 0 Å². The summed E-state index contributed by atoms with van der Waals surface area (Å²) in [5.41, 5.74) is -1.01. The third-order valence-corrected chi connectivity index (χ3v) is 8.76. The summed E-state index contributed by atoms with van der Waals surface area (Å²) >= 11 is 0. The minimum atomic E-state index is -3.73. The van der Waals surface area contributed by atoms with Gasteiger partial charge >= 0.3 is 0 Å². The highest BCUT2D eigenvalue weighted by Crippen LogP contribution is 2.53. The molecule has 2 heterocycles. The average Bonchev–Trinajstić information content (AvgIpc) is 3.25. The number of rotatable bonds is 8. The predicted molar refractivity (Wildman–Crippen MR) is 143 cm³/mol. The maximum absolute atomic E-state index is 14.3. The van der Waals surface area contributed by atoms with Crippen LogP contribution in [0.2, 0.25) is 0 Å². The van der Waals surface area contributed by atoms with Crippen LogP contribution in [0.1, 0.15) is 24.5 Å². The number of aliphatic hydroxyl groups is 1. The summed E-state index contributed by atoms with van der Waals surface area (Å²) in [7, 11) is 2.72. The molecule has 1 fully saturated rings. The van der Waals surface area contributed by atoms with Crippen LogP contribution in [0, 0.1) is 0 Å². The minimum Gasteiger partial charge on any atom is -0.507 e. The molecule has 0 radical (unpaired) electrons. The van der Waals surface area contributed by atoms with Gasteiger partial charge in [-0.05, 0) is 50.8 Å². The number of fused-ring (bicyclic) bond motifs is 2. The van der Waals surface area contributed by atoms with Crippen LogP contribution < -0.4 is 4.90 Å². The van der Waals surface area contributed by atoms with E-state index in [1.54, 1.807) is 29.2 Å². The number of carbonyl (C=O) groups excluding carboxylic acids is 3. The number of hydrogen-bond acceptors (Lipinski definition) is 7. The number of sulfonamides is 1. The third-order valence-electron chi connectivity index (χ3n) is 6.93. The zero-order chi connectivity index (χ0) is 28.0. The number of likely N-dealkylation sites (tertiary alicyclic amines) is 1. The molecular weight excluding hydrogens is 508 g/mol. The van der Waals surface area contributed by atoms with Gasteiger partial charge in [-0.1, -0.05) is 25.1 Å². The Kier molecular flexibility index (Phi) is 7.21. The van der Waals surface area contributed by atoms with E-state index in [1.165, 1.54) is 43.3 Å². The Labute approximate surface area is 222 Å². The summed E-state index contributed by atoms with van der Waals surface area (Å²) in [6.07, 6.45) is 0.641. The maximum atomic E-state index is 14.3. The van der Waals surface area contributed by atoms with Gasteiger partial charge in [0.1, 0.15) is 5.76 Å². The summed E-state index contributed by atoms with van der Waals surface area (Å²) in [6.45, 7) is 2.75. The van der Waals surface area contributed by atoms with E-state index in [4.69, 9.17) is 0 Å². The van der Waals surface area contributed by atoms with Crippen molar-refractivity contribution >= 4 is 39.1 Å². The van der Waals surface area contributed by atoms with Gasteiger partial charge < -0.3 is 19.8 Å². The van der Waals surface area contributed by atoms with Crippen LogP contribution in [-0.4, -0.2) is 93.1 Å². The Bertz CT molecular complexity index is 1430. The second-order valence-corrected chi connectivity index (χ2v) is 12.0. The SMILES string of the molecule is CCCN1C(=O)C2(C(=C(O)c3ccc(S(=O)(=O)N(C)C)cc3)C(=O)C(=O)N2CCN(C)C)c2ccccc21. The van der Waals surface area contributed by atoms with E-state index in [0.29, 0.717) is 30.8 Å². The highest BCUT2D eigenvalue weighted by molar-refractivity contribution is 7.89. The Morgan fingerprint density at radius 1 is 0.947 bits per heavy atom. The Morgan fingerprint density at radius 3 is 2.16 bits per heavy atom. The number of anilines is 1. The number of aliphatic hydroxyl groups excluding tert-OH is 1. The average molecular weight is 541 g/mol. The zero-order valence-electron chi connectivity index (χ0n) is 22.1. The van der Waals surface area contributed by atoms with Crippen molar-refractivity contribution < 1.29 is 27.9 Å². The number of carbonyl (C=O) groups is 3. The van der Waals surface area contributed by atoms with Crippen molar-refractivity contribution in [3.05, 3.63) is 65.2 Å². The molecule has 1 unspecified atom stereocenters. The minimum absolute atomic E-state index is 0.00314. The number of Topliss-reactive ketones (excluding diaryl/α,β-unsaturated/α-hetero) is 1. The molecule has 202 valence electrons. The van der Waals surface area contributed by atoms with Gasteiger partial charge in [-0.2, -0.15) is 0 Å². The van der Waals surface area contributed by atoms with E-state index in [2.05, 4.69) is 0 Å². The Balaban J connectivity index is 1.98. The van der Waals surface area contributed by atoms with Crippen molar-refractivity contribution in [2.45, 2.75) is 23.8 Å². The Hall–Kier alpha value is -3.54. The van der Waals surface area contributed by atoms with E-state index >= 15 is 0 Å². The van der Waals surface area contributed by atoms with Crippen LogP contribution >= 0.6 is 0 Å². The van der Waals surface area contributed by atoms with Gasteiger partial charge in [-0.25, -0.2) is 12.7 Å². The normalized spacial score (nSPS) is 20.9. The topological polar surface area (TPSA) is 119 Å². The molecule has 0 aliphatic carbocycles. The second kappa shape index (κ2) is 9.97. The number of hydrogen-bond donors (Lipinski definition) is 1.